The molecule has 1 aromatic carbocycles. The third-order valence-corrected chi connectivity index (χ3v) is 3.63. The number of phenols is 1. The second kappa shape index (κ2) is 7.32. The van der Waals surface area contributed by atoms with Crippen LogP contribution in [0.25, 0.3) is 11.3 Å². The van der Waals surface area contributed by atoms with Gasteiger partial charge in [-0.3, -0.25) is 4.79 Å². The highest BCUT2D eigenvalue weighted by Gasteiger charge is 2.23. The molecule has 0 atom stereocenters. The van der Waals surface area contributed by atoms with Crippen LogP contribution in [0.4, 0.5) is 5.82 Å². The lowest BCUT2D eigenvalue weighted by molar-refractivity contribution is -0.115. The Balaban J connectivity index is 2.52. The average Bonchev–Trinajstić information content (AvgIpc) is 2.54. The van der Waals surface area contributed by atoms with Gasteiger partial charge in [0.15, 0.2) is 5.82 Å². The largest absolute Gasteiger partial charge is 0.507 e. The minimum absolute atomic E-state index is 0.0437. The Labute approximate surface area is 147 Å². The molecule has 130 valence electrons. The summed E-state index contributed by atoms with van der Waals surface area (Å²) in [6.45, 7) is 6.27. The zero-order valence-electron chi connectivity index (χ0n) is 14.8. The predicted octanol–water partition coefficient (Wildman–Crippen LogP) is 2.29. The number of benzene rings is 1. The monoisotopic (exact) mass is 338 g/mol. The van der Waals surface area contributed by atoms with Gasteiger partial charge in [-0.05, 0) is 42.3 Å². The lowest BCUT2D eigenvalue weighted by atomic mass is 9.84. The normalized spacial score (nSPS) is 11.0. The van der Waals surface area contributed by atoms with E-state index >= 15 is 0 Å². The summed E-state index contributed by atoms with van der Waals surface area (Å²) in [4.78, 5) is 11.8. The fourth-order valence-electron chi connectivity index (χ4n) is 2.39. The summed E-state index contributed by atoms with van der Waals surface area (Å²) in [5, 5.41) is 24.1. The van der Waals surface area contributed by atoms with Crippen LogP contribution in [0.1, 0.15) is 31.9 Å². The molecule has 0 saturated heterocycles. The molecule has 25 heavy (non-hydrogen) atoms. The van der Waals surface area contributed by atoms with E-state index in [2.05, 4.69) is 26.8 Å². The van der Waals surface area contributed by atoms with E-state index in [1.807, 2.05) is 20.8 Å². The van der Waals surface area contributed by atoms with E-state index in [4.69, 9.17) is 6.42 Å². The van der Waals surface area contributed by atoms with Crippen molar-refractivity contribution in [2.24, 2.45) is 0 Å². The highest BCUT2D eigenvalue weighted by atomic mass is 16.3. The quantitative estimate of drug-likeness (QED) is 0.745. The van der Waals surface area contributed by atoms with Crippen LogP contribution >= 0.6 is 0 Å². The number of hydrogen-bond donors (Lipinski definition) is 3. The third kappa shape index (κ3) is 4.34. The van der Waals surface area contributed by atoms with Crippen LogP contribution in [0.5, 0.6) is 5.75 Å². The Bertz CT molecular complexity index is 832. The van der Waals surface area contributed by atoms with Gasteiger partial charge < -0.3 is 15.7 Å². The molecule has 0 aliphatic rings. The molecule has 2 aromatic rings. The molecular weight excluding hydrogens is 316 g/mol. The molecule has 0 saturated carbocycles. The fourth-order valence-corrected chi connectivity index (χ4v) is 2.39. The molecule has 0 aliphatic carbocycles. The number of phenolic OH excluding ortho intramolecular Hbond substituents is 1. The number of aromatic nitrogens is 2. The molecule has 0 fully saturated rings. The number of nitrogens with one attached hydrogen (secondary N) is 2. The van der Waals surface area contributed by atoms with Crippen LogP contribution in [0, 0.1) is 12.3 Å². The van der Waals surface area contributed by atoms with Crippen LogP contribution in [0.2, 0.25) is 0 Å². The van der Waals surface area contributed by atoms with Gasteiger partial charge in [0.05, 0.1) is 6.54 Å². The van der Waals surface area contributed by atoms with Crippen molar-refractivity contribution in [2.75, 3.05) is 18.9 Å². The van der Waals surface area contributed by atoms with Crippen molar-refractivity contribution in [2.45, 2.75) is 26.2 Å². The maximum Gasteiger partial charge on any atom is 0.239 e. The molecule has 1 amide bonds. The number of hydrogen-bond acceptors (Lipinski definition) is 5. The highest BCUT2D eigenvalue weighted by molar-refractivity contribution is 5.91. The van der Waals surface area contributed by atoms with E-state index in [-0.39, 0.29) is 23.6 Å². The summed E-state index contributed by atoms with van der Waals surface area (Å²) >= 11 is 0. The number of rotatable bonds is 4. The van der Waals surface area contributed by atoms with Crippen molar-refractivity contribution in [1.82, 2.24) is 15.5 Å². The van der Waals surface area contributed by atoms with Gasteiger partial charge in [-0.1, -0.05) is 26.7 Å². The van der Waals surface area contributed by atoms with Gasteiger partial charge in [0, 0.05) is 11.1 Å². The van der Waals surface area contributed by atoms with Gasteiger partial charge >= 0.3 is 0 Å². The van der Waals surface area contributed by atoms with Crippen LogP contribution in [0.15, 0.2) is 24.3 Å². The number of carbonyl (C=O) groups excluding carboxylic acids is 1. The van der Waals surface area contributed by atoms with Crippen molar-refractivity contribution in [3.63, 3.8) is 0 Å². The maximum atomic E-state index is 11.8. The minimum Gasteiger partial charge on any atom is -0.507 e. The van der Waals surface area contributed by atoms with Crippen molar-refractivity contribution in [3.05, 3.63) is 35.4 Å². The van der Waals surface area contributed by atoms with Crippen molar-refractivity contribution in [1.29, 1.82) is 0 Å². The van der Waals surface area contributed by atoms with Crippen molar-refractivity contribution >= 4 is 11.7 Å². The van der Waals surface area contributed by atoms with Gasteiger partial charge in [0.25, 0.3) is 0 Å². The lowest BCUT2D eigenvalue weighted by Crippen LogP contribution is -2.26. The van der Waals surface area contributed by atoms with E-state index < -0.39 is 0 Å². The summed E-state index contributed by atoms with van der Waals surface area (Å²) in [6, 6.07) is 6.77. The number of nitrogens with zero attached hydrogens (tertiary/aromatic N) is 2. The number of terminal acetylenes is 1. The van der Waals surface area contributed by atoms with Crippen LogP contribution in [-0.2, 0) is 10.2 Å². The van der Waals surface area contributed by atoms with Crippen LogP contribution < -0.4 is 10.6 Å². The highest BCUT2D eigenvalue weighted by Crippen LogP contribution is 2.36. The van der Waals surface area contributed by atoms with E-state index in [1.165, 1.54) is 6.07 Å². The first-order valence-electron chi connectivity index (χ1n) is 7.89. The standard InChI is InChI=1S/C19H22N4O2/c1-6-12-7-8-13(15(24)9-12)18-14(19(2,3)4)10-16(22-23-18)21-17(25)11-20-5/h1,7-10,20,24H,11H2,2-5H3,(H,21,22,25). The van der Waals surface area contributed by atoms with Gasteiger partial charge in [-0.15, -0.1) is 16.6 Å². The Hall–Kier alpha value is -2.91. The average molecular weight is 338 g/mol. The summed E-state index contributed by atoms with van der Waals surface area (Å²) in [5.41, 5.74) is 2.27. The Morgan fingerprint density at radius 1 is 1.28 bits per heavy atom. The molecule has 0 spiro atoms. The van der Waals surface area contributed by atoms with Gasteiger partial charge in [-0.2, -0.15) is 0 Å². The number of carbonyl (C=O) groups is 1. The van der Waals surface area contributed by atoms with Crippen LogP contribution in [-0.4, -0.2) is 34.8 Å². The second-order valence-electron chi connectivity index (χ2n) is 6.70. The number of aromatic hydroxyl groups is 1. The zero-order chi connectivity index (χ0) is 18.6. The molecule has 3 N–H and O–H groups in total. The molecule has 6 nitrogen and oxygen atoms in total. The molecule has 2 rings (SSSR count). The summed E-state index contributed by atoms with van der Waals surface area (Å²) in [5.74, 6) is 2.69. The van der Waals surface area contributed by atoms with Crippen LogP contribution in [0.3, 0.4) is 0 Å². The minimum atomic E-state index is -0.273. The summed E-state index contributed by atoms with van der Waals surface area (Å²) in [7, 11) is 1.69. The fraction of sp³-hybridized carbons (Fsp3) is 0.316. The maximum absolute atomic E-state index is 11.8. The molecule has 6 heteroatoms. The first kappa shape index (κ1) is 18.4. The number of anilines is 1. The van der Waals surface area contributed by atoms with Gasteiger partial charge in [0.2, 0.25) is 5.91 Å². The Kier molecular flexibility index (Phi) is 5.40. The lowest BCUT2D eigenvalue weighted by Gasteiger charge is -2.23. The van der Waals surface area contributed by atoms with Crippen molar-refractivity contribution in [3.8, 4) is 29.4 Å². The summed E-state index contributed by atoms with van der Waals surface area (Å²) in [6.07, 6.45) is 5.36. The van der Waals surface area contributed by atoms with E-state index in [9.17, 15) is 9.90 Å². The molecule has 0 radical (unpaired) electrons. The Morgan fingerprint density at radius 2 is 2.00 bits per heavy atom. The molecule has 1 aromatic heterocycles. The second-order valence-corrected chi connectivity index (χ2v) is 6.70. The van der Waals surface area contributed by atoms with E-state index in [0.717, 1.165) is 5.56 Å². The number of likely N-dealkylation sites (N-methyl/N-ethyl adjacent to an activating group) is 1. The van der Waals surface area contributed by atoms with E-state index in [1.54, 1.807) is 25.2 Å². The van der Waals surface area contributed by atoms with Gasteiger partial charge in [0.1, 0.15) is 11.4 Å². The summed E-state index contributed by atoms with van der Waals surface area (Å²) < 4.78 is 0. The van der Waals surface area contributed by atoms with Gasteiger partial charge in [-0.25, -0.2) is 0 Å². The first-order valence-corrected chi connectivity index (χ1v) is 7.89. The molecule has 0 bridgehead atoms. The SMILES string of the molecule is C#Cc1ccc(-c2nnc(NC(=O)CNC)cc2C(C)(C)C)c(O)c1. The predicted molar refractivity (Wildman–Crippen MR) is 98.3 cm³/mol. The zero-order valence-corrected chi connectivity index (χ0v) is 14.8. The molecule has 0 aliphatic heterocycles. The van der Waals surface area contributed by atoms with E-state index in [0.29, 0.717) is 22.6 Å². The smallest absolute Gasteiger partial charge is 0.239 e. The molecule has 1 heterocycles. The molecule has 0 unspecified atom stereocenters. The first-order chi connectivity index (χ1) is 11.8. The number of amides is 1. The Morgan fingerprint density at radius 3 is 2.56 bits per heavy atom. The topological polar surface area (TPSA) is 87.1 Å². The third-order valence-electron chi connectivity index (χ3n) is 3.63. The molecular formula is C19H22N4O2. The van der Waals surface area contributed by atoms with Crippen molar-refractivity contribution < 1.29 is 9.90 Å².